The van der Waals surface area contributed by atoms with Crippen LogP contribution in [0.2, 0.25) is 5.02 Å². The molecule has 0 spiro atoms. The van der Waals surface area contributed by atoms with Gasteiger partial charge in [-0.25, -0.2) is 0 Å². The van der Waals surface area contributed by atoms with Crippen molar-refractivity contribution in [2.45, 2.75) is 26.4 Å². The Hall–Kier alpha value is -1.77. The van der Waals surface area contributed by atoms with Crippen molar-refractivity contribution in [3.8, 4) is 0 Å². The summed E-state index contributed by atoms with van der Waals surface area (Å²) in [5.74, 6) is 0.968. The molecule has 108 valence electrons. The normalized spacial score (nSPS) is 12.7. The number of hydrogen-bond donors (Lipinski definition) is 1. The van der Waals surface area contributed by atoms with E-state index in [2.05, 4.69) is 24.4 Å². The molecule has 0 amide bonds. The van der Waals surface area contributed by atoms with E-state index >= 15 is 0 Å². The number of rotatable bonds is 4. The number of hydrogen-bond acceptors (Lipinski definition) is 2. The van der Waals surface area contributed by atoms with Crippen molar-refractivity contribution < 1.29 is 4.42 Å². The number of aryl methyl sites for hydroxylation is 1. The lowest BCUT2D eigenvalue weighted by Crippen LogP contribution is -2.18. The van der Waals surface area contributed by atoms with Gasteiger partial charge in [-0.05, 0) is 31.5 Å². The third-order valence-corrected chi connectivity index (χ3v) is 4.20. The van der Waals surface area contributed by atoms with E-state index in [1.165, 1.54) is 10.9 Å². The molecule has 0 aliphatic rings. The molecule has 1 heterocycles. The van der Waals surface area contributed by atoms with Crippen molar-refractivity contribution in [2.75, 3.05) is 0 Å². The quantitative estimate of drug-likeness (QED) is 0.712. The van der Waals surface area contributed by atoms with Crippen LogP contribution in [0.5, 0.6) is 0 Å². The number of halogens is 1. The highest BCUT2D eigenvalue weighted by atomic mass is 35.5. The summed E-state index contributed by atoms with van der Waals surface area (Å²) in [6.45, 7) is 4.89. The zero-order chi connectivity index (χ0) is 14.8. The number of furan rings is 1. The summed E-state index contributed by atoms with van der Waals surface area (Å²) in [4.78, 5) is 0. The summed E-state index contributed by atoms with van der Waals surface area (Å²) in [5.41, 5.74) is 3.27. The molecule has 21 heavy (non-hydrogen) atoms. The van der Waals surface area contributed by atoms with Crippen LogP contribution < -0.4 is 5.32 Å². The summed E-state index contributed by atoms with van der Waals surface area (Å²) in [5, 5.41) is 5.50. The Morgan fingerprint density at radius 1 is 1.10 bits per heavy atom. The molecule has 3 heteroatoms. The average molecular weight is 300 g/mol. The average Bonchev–Trinajstić information content (AvgIpc) is 2.81. The van der Waals surface area contributed by atoms with E-state index in [0.717, 1.165) is 28.5 Å². The standard InChI is InChI=1S/C18H18ClNO/c1-12(14-7-3-5-9-17(14)19)20-11-16-13(2)21-18-10-6-4-8-15(16)18/h3-10,12,20H,11H2,1-2H3. The highest BCUT2D eigenvalue weighted by Gasteiger charge is 2.13. The molecular formula is C18H18ClNO. The Morgan fingerprint density at radius 2 is 1.81 bits per heavy atom. The maximum absolute atomic E-state index is 6.25. The van der Waals surface area contributed by atoms with Crippen LogP contribution in [0.4, 0.5) is 0 Å². The highest BCUT2D eigenvalue weighted by molar-refractivity contribution is 6.31. The van der Waals surface area contributed by atoms with Crippen molar-refractivity contribution in [3.05, 3.63) is 70.4 Å². The van der Waals surface area contributed by atoms with Gasteiger partial charge >= 0.3 is 0 Å². The van der Waals surface area contributed by atoms with Gasteiger partial charge in [0.25, 0.3) is 0 Å². The van der Waals surface area contributed by atoms with Gasteiger partial charge in [0.2, 0.25) is 0 Å². The van der Waals surface area contributed by atoms with Gasteiger partial charge in [-0.3, -0.25) is 0 Å². The van der Waals surface area contributed by atoms with Crippen molar-refractivity contribution in [1.82, 2.24) is 5.32 Å². The van der Waals surface area contributed by atoms with Crippen molar-refractivity contribution >= 4 is 22.6 Å². The van der Waals surface area contributed by atoms with Crippen LogP contribution in [-0.2, 0) is 6.54 Å². The van der Waals surface area contributed by atoms with Gasteiger partial charge in [-0.15, -0.1) is 0 Å². The van der Waals surface area contributed by atoms with Gasteiger partial charge in [0, 0.05) is 28.6 Å². The first kappa shape index (κ1) is 14.2. The number of benzene rings is 2. The lowest BCUT2D eigenvalue weighted by Gasteiger charge is -2.15. The molecule has 0 saturated carbocycles. The lowest BCUT2D eigenvalue weighted by atomic mass is 10.1. The number of para-hydroxylation sites is 1. The molecule has 0 saturated heterocycles. The molecule has 2 aromatic carbocycles. The molecule has 0 radical (unpaired) electrons. The minimum absolute atomic E-state index is 0.187. The summed E-state index contributed by atoms with van der Waals surface area (Å²) >= 11 is 6.25. The van der Waals surface area contributed by atoms with E-state index in [0.29, 0.717) is 0 Å². The molecule has 0 aliphatic heterocycles. The second kappa shape index (κ2) is 5.92. The van der Waals surface area contributed by atoms with E-state index in [1.54, 1.807) is 0 Å². The molecule has 2 nitrogen and oxygen atoms in total. The molecule has 0 aliphatic carbocycles. The predicted octanol–water partition coefficient (Wildman–Crippen LogP) is 5.25. The monoisotopic (exact) mass is 299 g/mol. The Morgan fingerprint density at radius 3 is 2.62 bits per heavy atom. The topological polar surface area (TPSA) is 25.2 Å². The van der Waals surface area contributed by atoms with E-state index in [-0.39, 0.29) is 6.04 Å². The first-order chi connectivity index (χ1) is 10.2. The Bertz CT molecular complexity index is 763. The zero-order valence-electron chi connectivity index (χ0n) is 12.2. The number of fused-ring (bicyclic) bond motifs is 1. The Balaban J connectivity index is 1.81. The third kappa shape index (κ3) is 2.82. The summed E-state index contributed by atoms with van der Waals surface area (Å²) < 4.78 is 5.79. The molecule has 3 aromatic rings. The maximum atomic E-state index is 6.25. The second-order valence-electron chi connectivity index (χ2n) is 5.26. The summed E-state index contributed by atoms with van der Waals surface area (Å²) in [6.07, 6.45) is 0. The van der Waals surface area contributed by atoms with Crippen LogP contribution in [0.25, 0.3) is 11.0 Å². The molecule has 0 fully saturated rings. The molecule has 1 unspecified atom stereocenters. The van der Waals surface area contributed by atoms with Crippen LogP contribution in [-0.4, -0.2) is 0 Å². The molecule has 1 atom stereocenters. The number of nitrogens with one attached hydrogen (secondary N) is 1. The molecule has 1 aromatic heterocycles. The van der Waals surface area contributed by atoms with Gasteiger partial charge in [0.05, 0.1) is 0 Å². The minimum atomic E-state index is 0.187. The van der Waals surface area contributed by atoms with Gasteiger partial charge < -0.3 is 9.73 Å². The van der Waals surface area contributed by atoms with Gasteiger partial charge in [0.1, 0.15) is 11.3 Å². The molecular weight excluding hydrogens is 282 g/mol. The third-order valence-electron chi connectivity index (χ3n) is 3.86. The van der Waals surface area contributed by atoms with E-state index in [1.807, 2.05) is 43.3 Å². The second-order valence-corrected chi connectivity index (χ2v) is 5.66. The van der Waals surface area contributed by atoms with Crippen molar-refractivity contribution in [1.29, 1.82) is 0 Å². The summed E-state index contributed by atoms with van der Waals surface area (Å²) in [7, 11) is 0. The van der Waals surface area contributed by atoms with Crippen LogP contribution in [0.3, 0.4) is 0 Å². The molecule has 3 rings (SSSR count). The lowest BCUT2D eigenvalue weighted by molar-refractivity contribution is 0.544. The van der Waals surface area contributed by atoms with Crippen molar-refractivity contribution in [3.63, 3.8) is 0 Å². The first-order valence-corrected chi connectivity index (χ1v) is 7.49. The highest BCUT2D eigenvalue weighted by Crippen LogP contribution is 2.27. The van der Waals surface area contributed by atoms with Crippen LogP contribution in [0, 0.1) is 6.92 Å². The van der Waals surface area contributed by atoms with Gasteiger partial charge in [-0.2, -0.15) is 0 Å². The van der Waals surface area contributed by atoms with E-state index < -0.39 is 0 Å². The largest absolute Gasteiger partial charge is 0.461 e. The zero-order valence-corrected chi connectivity index (χ0v) is 12.9. The summed E-state index contributed by atoms with van der Waals surface area (Å²) in [6, 6.07) is 16.3. The maximum Gasteiger partial charge on any atom is 0.134 e. The first-order valence-electron chi connectivity index (χ1n) is 7.11. The van der Waals surface area contributed by atoms with Crippen LogP contribution in [0.15, 0.2) is 52.9 Å². The molecule has 1 N–H and O–H groups in total. The minimum Gasteiger partial charge on any atom is -0.461 e. The Labute approximate surface area is 129 Å². The smallest absolute Gasteiger partial charge is 0.134 e. The fraction of sp³-hybridized carbons (Fsp3) is 0.222. The molecule has 0 bridgehead atoms. The fourth-order valence-electron chi connectivity index (χ4n) is 2.63. The van der Waals surface area contributed by atoms with Crippen LogP contribution >= 0.6 is 11.6 Å². The van der Waals surface area contributed by atoms with E-state index in [4.69, 9.17) is 16.0 Å². The fourth-order valence-corrected chi connectivity index (χ4v) is 2.93. The SMILES string of the molecule is Cc1oc2ccccc2c1CNC(C)c1ccccc1Cl. The van der Waals surface area contributed by atoms with Crippen molar-refractivity contribution in [2.24, 2.45) is 0 Å². The van der Waals surface area contributed by atoms with E-state index in [9.17, 15) is 0 Å². The predicted molar refractivity (Wildman–Crippen MR) is 87.7 cm³/mol. The van der Waals surface area contributed by atoms with Gasteiger partial charge in [-0.1, -0.05) is 48.0 Å². The van der Waals surface area contributed by atoms with Crippen LogP contribution in [0.1, 0.15) is 29.9 Å². The Kier molecular flexibility index (Phi) is 4.00. The van der Waals surface area contributed by atoms with Gasteiger partial charge in [0.15, 0.2) is 0 Å².